The van der Waals surface area contributed by atoms with Crippen molar-refractivity contribution in [3.63, 3.8) is 0 Å². The van der Waals surface area contributed by atoms with Crippen LogP contribution in [-0.4, -0.2) is 31.9 Å². The molecule has 0 unspecified atom stereocenters. The van der Waals surface area contributed by atoms with Gasteiger partial charge in [0, 0.05) is 17.0 Å². The van der Waals surface area contributed by atoms with Crippen LogP contribution in [0.25, 0.3) is 10.2 Å². The number of aromatic nitrogens is 2. The Kier molecular flexibility index (Phi) is 4.33. The van der Waals surface area contributed by atoms with Crippen LogP contribution < -0.4 is 5.32 Å². The van der Waals surface area contributed by atoms with E-state index in [9.17, 15) is 14.7 Å². The van der Waals surface area contributed by atoms with E-state index in [-0.39, 0.29) is 5.91 Å². The Morgan fingerprint density at radius 3 is 2.74 bits per heavy atom. The normalized spacial score (nSPS) is 14.0. The van der Waals surface area contributed by atoms with Crippen LogP contribution in [0.2, 0.25) is 0 Å². The van der Waals surface area contributed by atoms with Crippen molar-refractivity contribution in [2.75, 3.05) is 5.32 Å². The molecule has 7 nitrogen and oxygen atoms in total. The Morgan fingerprint density at radius 1 is 1.26 bits per heavy atom. The maximum absolute atomic E-state index is 11.9. The maximum Gasteiger partial charge on any atom is 0.330 e. The Morgan fingerprint density at radius 2 is 2.04 bits per heavy atom. The maximum atomic E-state index is 11.9. The van der Waals surface area contributed by atoms with E-state index in [1.165, 1.54) is 23.7 Å². The number of nitrogens with one attached hydrogen (secondary N) is 1. The third kappa shape index (κ3) is 3.04. The van der Waals surface area contributed by atoms with Gasteiger partial charge >= 0.3 is 5.97 Å². The minimum absolute atomic E-state index is 0.134. The molecule has 0 saturated carbocycles. The van der Waals surface area contributed by atoms with E-state index >= 15 is 0 Å². The van der Waals surface area contributed by atoms with Crippen LogP contribution in [0.15, 0.2) is 49.3 Å². The minimum Gasteiger partial charge on any atom is -0.479 e. The number of carbonyl (C=O) groups is 2. The number of nitrogens with zero attached hydrogens (tertiary/aromatic N) is 3. The summed E-state index contributed by atoms with van der Waals surface area (Å²) < 4.78 is 0. The third-order valence-corrected chi connectivity index (χ3v) is 5.63. The number of hydrogen-bond acceptors (Lipinski definition) is 6. The summed E-state index contributed by atoms with van der Waals surface area (Å²) in [5.41, 5.74) is 1.59. The highest BCUT2D eigenvalue weighted by Crippen LogP contribution is 2.40. The Balaban J connectivity index is 1.74. The monoisotopic (exact) mass is 380 g/mol. The quantitative estimate of drug-likeness (QED) is 0.661. The molecule has 3 aromatic rings. The average molecular weight is 380 g/mol. The first-order valence-corrected chi connectivity index (χ1v) is 9.11. The zero-order chi connectivity index (χ0) is 19.0. The summed E-state index contributed by atoms with van der Waals surface area (Å²) in [4.78, 5) is 35.9. The number of hydrogen-bond donors (Lipinski definition) is 2. The lowest BCUT2D eigenvalue weighted by molar-refractivity contribution is -0.138. The zero-order valence-electron chi connectivity index (χ0n) is 14.3. The average Bonchev–Trinajstić information content (AvgIpc) is 3.24. The lowest BCUT2D eigenvalue weighted by Gasteiger charge is -2.17. The molecule has 2 N–H and O–H groups in total. The number of fused-ring (bicyclic) bond motifs is 3. The molecule has 2 aromatic heterocycles. The van der Waals surface area contributed by atoms with Crippen molar-refractivity contribution in [2.24, 2.45) is 0 Å². The lowest BCUT2D eigenvalue weighted by Crippen LogP contribution is -2.23. The fraction of sp³-hybridized carbons (Fsp3) is 0.158. The first-order chi connectivity index (χ1) is 13.1. The molecule has 0 aliphatic carbocycles. The van der Waals surface area contributed by atoms with Gasteiger partial charge in [0.1, 0.15) is 17.0 Å². The summed E-state index contributed by atoms with van der Waals surface area (Å²) in [5.74, 6) is -0.671. The lowest BCUT2D eigenvalue weighted by atomic mass is 10.1. The van der Waals surface area contributed by atoms with Crippen molar-refractivity contribution in [3.05, 3.63) is 65.3 Å². The summed E-state index contributed by atoms with van der Waals surface area (Å²) in [6.45, 7) is 4.47. The Bertz CT molecular complexity index is 1050. The van der Waals surface area contributed by atoms with Gasteiger partial charge in [0.05, 0.1) is 11.9 Å². The fourth-order valence-electron chi connectivity index (χ4n) is 3.22. The number of aliphatic carboxylic acids is 1. The molecule has 0 fully saturated rings. The van der Waals surface area contributed by atoms with Crippen LogP contribution in [0.4, 0.5) is 5.82 Å². The van der Waals surface area contributed by atoms with Crippen LogP contribution in [0.5, 0.6) is 0 Å². The molecule has 0 saturated heterocycles. The van der Waals surface area contributed by atoms with Crippen molar-refractivity contribution in [3.8, 4) is 0 Å². The van der Waals surface area contributed by atoms with Crippen LogP contribution in [0, 0.1) is 0 Å². The molecule has 1 aliphatic heterocycles. The number of carboxylic acids is 1. The van der Waals surface area contributed by atoms with E-state index in [1.807, 2.05) is 6.07 Å². The van der Waals surface area contributed by atoms with Crippen LogP contribution >= 0.6 is 11.3 Å². The van der Waals surface area contributed by atoms with Crippen molar-refractivity contribution >= 4 is 39.2 Å². The topological polar surface area (TPSA) is 95.4 Å². The van der Waals surface area contributed by atoms with E-state index in [0.29, 0.717) is 24.5 Å². The SMILES string of the molecule is C=CC(=O)N1Cc2sc3ncnc(N[C@H](C(=O)O)c4ccccc4)c3c2C1. The zero-order valence-corrected chi connectivity index (χ0v) is 15.1. The molecule has 0 spiro atoms. The number of benzene rings is 1. The van der Waals surface area contributed by atoms with Gasteiger partial charge in [-0.3, -0.25) is 4.79 Å². The molecular formula is C19H16N4O3S. The second-order valence-corrected chi connectivity index (χ2v) is 7.21. The van der Waals surface area contributed by atoms with Gasteiger partial charge in [-0.05, 0) is 11.6 Å². The van der Waals surface area contributed by atoms with Gasteiger partial charge in [-0.15, -0.1) is 11.3 Å². The summed E-state index contributed by atoms with van der Waals surface area (Å²) in [5, 5.41) is 13.5. The third-order valence-electron chi connectivity index (χ3n) is 4.50. The molecule has 136 valence electrons. The van der Waals surface area contributed by atoms with E-state index in [1.54, 1.807) is 29.2 Å². The van der Waals surface area contributed by atoms with Gasteiger partial charge in [-0.2, -0.15) is 0 Å². The summed E-state index contributed by atoms with van der Waals surface area (Å²) in [7, 11) is 0. The molecule has 3 heterocycles. The van der Waals surface area contributed by atoms with Crippen LogP contribution in [-0.2, 0) is 22.7 Å². The van der Waals surface area contributed by atoms with Crippen molar-refractivity contribution < 1.29 is 14.7 Å². The summed E-state index contributed by atoms with van der Waals surface area (Å²) in [6, 6.07) is 8.00. The Labute approximate surface area is 159 Å². The van der Waals surface area contributed by atoms with Crippen molar-refractivity contribution in [1.82, 2.24) is 14.9 Å². The molecule has 1 aromatic carbocycles. The van der Waals surface area contributed by atoms with Crippen LogP contribution in [0.3, 0.4) is 0 Å². The van der Waals surface area contributed by atoms with Gasteiger partial charge < -0.3 is 15.3 Å². The number of anilines is 1. The molecule has 1 atom stereocenters. The first kappa shape index (κ1) is 17.2. The second kappa shape index (κ2) is 6.81. The van der Waals surface area contributed by atoms with Gasteiger partial charge in [0.25, 0.3) is 0 Å². The summed E-state index contributed by atoms with van der Waals surface area (Å²) >= 11 is 1.50. The van der Waals surface area contributed by atoms with E-state index < -0.39 is 12.0 Å². The molecular weight excluding hydrogens is 364 g/mol. The van der Waals surface area contributed by atoms with E-state index in [0.717, 1.165) is 20.7 Å². The number of rotatable bonds is 5. The predicted octanol–water partition coefficient (Wildman–Crippen LogP) is 2.96. The van der Waals surface area contributed by atoms with E-state index in [2.05, 4.69) is 21.9 Å². The predicted molar refractivity (Wildman–Crippen MR) is 102 cm³/mol. The number of thiophene rings is 1. The molecule has 1 aliphatic rings. The first-order valence-electron chi connectivity index (χ1n) is 8.29. The minimum atomic E-state index is -0.997. The highest BCUT2D eigenvalue weighted by atomic mass is 32.1. The number of carboxylic acid groups (broad SMARTS) is 1. The molecule has 0 bridgehead atoms. The fourth-order valence-corrected chi connectivity index (χ4v) is 4.38. The van der Waals surface area contributed by atoms with E-state index in [4.69, 9.17) is 0 Å². The van der Waals surface area contributed by atoms with Crippen molar-refractivity contribution in [2.45, 2.75) is 19.1 Å². The van der Waals surface area contributed by atoms with Crippen molar-refractivity contribution in [1.29, 1.82) is 0 Å². The number of carbonyl (C=O) groups excluding carboxylic acids is 1. The molecule has 8 heteroatoms. The summed E-state index contributed by atoms with van der Waals surface area (Å²) in [6.07, 6.45) is 2.72. The largest absolute Gasteiger partial charge is 0.479 e. The smallest absolute Gasteiger partial charge is 0.330 e. The van der Waals surface area contributed by atoms with Gasteiger partial charge in [0.2, 0.25) is 5.91 Å². The highest BCUT2D eigenvalue weighted by Gasteiger charge is 2.29. The second-order valence-electron chi connectivity index (χ2n) is 6.13. The van der Waals surface area contributed by atoms with Gasteiger partial charge in [-0.25, -0.2) is 14.8 Å². The molecule has 4 rings (SSSR count). The Hall–Kier alpha value is -3.26. The number of amides is 1. The molecule has 27 heavy (non-hydrogen) atoms. The highest BCUT2D eigenvalue weighted by molar-refractivity contribution is 7.19. The van der Waals surface area contributed by atoms with Gasteiger partial charge in [-0.1, -0.05) is 36.9 Å². The van der Waals surface area contributed by atoms with Crippen LogP contribution in [0.1, 0.15) is 22.0 Å². The standard InChI is InChI=1S/C19H16N4O3S/c1-2-14(24)23-8-12-13(9-23)27-18-15(12)17(20-10-21-18)22-16(19(25)26)11-6-4-3-5-7-11/h2-7,10,16H,1,8-9H2,(H,25,26)(H,20,21,22)/t16-/m0/s1. The molecule has 0 radical (unpaired) electrons. The van der Waals surface area contributed by atoms with Gasteiger partial charge in [0.15, 0.2) is 6.04 Å². The molecule has 1 amide bonds.